The number of halogens is 2. The van der Waals surface area contributed by atoms with Crippen LogP contribution in [-0.2, 0) is 4.79 Å². The number of carbonyl (C=O) groups excluding carboxylic acids is 1. The van der Waals surface area contributed by atoms with Crippen LogP contribution >= 0.6 is 0 Å². The molecule has 20 heavy (non-hydrogen) atoms. The van der Waals surface area contributed by atoms with Crippen LogP contribution in [0.3, 0.4) is 0 Å². The number of benzene rings is 2. The standard InChI is InChI=1S/C14H11F2N3O/c1-19(9-20)14-12(15)7-11(8-13(14)16)18-17-10-5-3-2-4-6-10/h2-9H,1H3. The Kier molecular flexibility index (Phi) is 4.14. The van der Waals surface area contributed by atoms with E-state index in [0.29, 0.717) is 12.1 Å². The molecule has 0 aliphatic carbocycles. The summed E-state index contributed by atoms with van der Waals surface area (Å²) in [7, 11) is 1.26. The molecule has 2 aromatic rings. The van der Waals surface area contributed by atoms with Gasteiger partial charge in [-0.25, -0.2) is 8.78 Å². The molecule has 0 aliphatic heterocycles. The van der Waals surface area contributed by atoms with Crippen molar-refractivity contribution in [1.82, 2.24) is 0 Å². The molecule has 0 heterocycles. The van der Waals surface area contributed by atoms with Crippen molar-refractivity contribution >= 4 is 23.5 Å². The first-order chi connectivity index (χ1) is 9.61. The molecule has 0 atom stereocenters. The van der Waals surface area contributed by atoms with Gasteiger partial charge in [-0.15, -0.1) is 0 Å². The monoisotopic (exact) mass is 275 g/mol. The van der Waals surface area contributed by atoms with Crippen molar-refractivity contribution < 1.29 is 13.6 Å². The SMILES string of the molecule is CN(C=O)c1c(F)cc(N=Nc2ccccc2)cc1F. The summed E-state index contributed by atoms with van der Waals surface area (Å²) in [4.78, 5) is 11.4. The predicted octanol–water partition coefficient (Wildman–Crippen LogP) is 3.97. The molecule has 6 heteroatoms. The van der Waals surface area contributed by atoms with Gasteiger partial charge in [-0.2, -0.15) is 10.2 Å². The predicted molar refractivity (Wildman–Crippen MR) is 71.4 cm³/mol. The zero-order valence-electron chi connectivity index (χ0n) is 10.6. The summed E-state index contributed by atoms with van der Waals surface area (Å²) in [5, 5.41) is 7.62. The van der Waals surface area contributed by atoms with Gasteiger partial charge in [-0.1, -0.05) is 18.2 Å². The van der Waals surface area contributed by atoms with Crippen molar-refractivity contribution in [3.05, 3.63) is 54.1 Å². The lowest BCUT2D eigenvalue weighted by Gasteiger charge is -2.12. The zero-order chi connectivity index (χ0) is 14.5. The molecule has 1 amide bonds. The van der Waals surface area contributed by atoms with E-state index in [-0.39, 0.29) is 5.69 Å². The number of amides is 1. The maximum Gasteiger partial charge on any atom is 0.214 e. The lowest BCUT2D eigenvalue weighted by Crippen LogP contribution is -2.16. The Morgan fingerprint density at radius 3 is 2.10 bits per heavy atom. The zero-order valence-corrected chi connectivity index (χ0v) is 10.6. The molecule has 2 aromatic carbocycles. The highest BCUT2D eigenvalue weighted by Gasteiger charge is 2.14. The molecule has 0 radical (unpaired) electrons. The van der Waals surface area contributed by atoms with Crippen LogP contribution < -0.4 is 4.90 Å². The molecule has 2 rings (SSSR count). The minimum Gasteiger partial charge on any atom is -0.313 e. The Morgan fingerprint density at radius 1 is 1.00 bits per heavy atom. The quantitative estimate of drug-likeness (QED) is 0.615. The van der Waals surface area contributed by atoms with Crippen LogP contribution in [0.25, 0.3) is 0 Å². The first kappa shape index (κ1) is 13.8. The van der Waals surface area contributed by atoms with Gasteiger partial charge in [0.1, 0.15) is 5.69 Å². The number of hydrogen-bond donors (Lipinski definition) is 0. The van der Waals surface area contributed by atoms with E-state index in [1.807, 2.05) is 6.07 Å². The molecular weight excluding hydrogens is 264 g/mol. The average molecular weight is 275 g/mol. The highest BCUT2D eigenvalue weighted by Crippen LogP contribution is 2.28. The third-order valence-corrected chi connectivity index (χ3v) is 2.55. The molecule has 0 spiro atoms. The van der Waals surface area contributed by atoms with E-state index < -0.39 is 17.3 Å². The van der Waals surface area contributed by atoms with Crippen molar-refractivity contribution in [1.29, 1.82) is 0 Å². The van der Waals surface area contributed by atoms with Crippen LogP contribution in [0, 0.1) is 11.6 Å². The van der Waals surface area contributed by atoms with E-state index >= 15 is 0 Å². The molecular formula is C14H11F2N3O. The average Bonchev–Trinajstić information content (AvgIpc) is 2.45. The Labute approximate surface area is 114 Å². The normalized spacial score (nSPS) is 10.8. The lowest BCUT2D eigenvalue weighted by atomic mass is 10.2. The van der Waals surface area contributed by atoms with Gasteiger partial charge in [-0.05, 0) is 12.1 Å². The van der Waals surface area contributed by atoms with Gasteiger partial charge in [0.2, 0.25) is 6.41 Å². The smallest absolute Gasteiger partial charge is 0.214 e. The molecule has 0 saturated heterocycles. The summed E-state index contributed by atoms with van der Waals surface area (Å²) in [5.41, 5.74) is 0.188. The van der Waals surface area contributed by atoms with Gasteiger partial charge in [0.25, 0.3) is 0 Å². The molecule has 4 nitrogen and oxygen atoms in total. The highest BCUT2D eigenvalue weighted by molar-refractivity contribution is 5.75. The van der Waals surface area contributed by atoms with Crippen LogP contribution in [0.15, 0.2) is 52.7 Å². The van der Waals surface area contributed by atoms with Gasteiger partial charge in [0, 0.05) is 19.2 Å². The third-order valence-electron chi connectivity index (χ3n) is 2.55. The minimum absolute atomic E-state index is 0.0342. The number of nitrogens with zero attached hydrogens (tertiary/aromatic N) is 3. The molecule has 0 N–H and O–H groups in total. The van der Waals surface area contributed by atoms with E-state index in [9.17, 15) is 13.6 Å². The number of rotatable bonds is 4. The van der Waals surface area contributed by atoms with E-state index in [2.05, 4.69) is 10.2 Å². The fourth-order valence-corrected chi connectivity index (χ4v) is 1.61. The number of hydrogen-bond acceptors (Lipinski definition) is 3. The molecule has 0 saturated carbocycles. The summed E-state index contributed by atoms with van der Waals surface area (Å²) >= 11 is 0. The summed E-state index contributed by atoms with van der Waals surface area (Å²) in [6, 6.07) is 10.8. The van der Waals surface area contributed by atoms with Crippen molar-refractivity contribution in [2.24, 2.45) is 10.2 Å². The van der Waals surface area contributed by atoms with Crippen LogP contribution in [-0.4, -0.2) is 13.5 Å². The van der Waals surface area contributed by atoms with E-state index in [1.54, 1.807) is 24.3 Å². The first-order valence-electron chi connectivity index (χ1n) is 5.76. The molecule has 0 bridgehead atoms. The van der Waals surface area contributed by atoms with Crippen LogP contribution in [0.1, 0.15) is 0 Å². The Hall–Kier alpha value is -2.63. The molecule has 102 valence electrons. The van der Waals surface area contributed by atoms with E-state index in [4.69, 9.17) is 0 Å². The van der Waals surface area contributed by atoms with Crippen molar-refractivity contribution in [3.8, 4) is 0 Å². The summed E-state index contributed by atoms with van der Waals surface area (Å²) in [6.45, 7) is 0. The maximum atomic E-state index is 13.7. The van der Waals surface area contributed by atoms with Crippen LogP contribution in [0.2, 0.25) is 0 Å². The highest BCUT2D eigenvalue weighted by atomic mass is 19.1. The second-order valence-corrected chi connectivity index (χ2v) is 4.01. The van der Waals surface area contributed by atoms with Gasteiger partial charge in [-0.3, -0.25) is 4.79 Å². The fraction of sp³-hybridized carbons (Fsp3) is 0.0714. The first-order valence-corrected chi connectivity index (χ1v) is 5.76. The van der Waals surface area contributed by atoms with E-state index in [0.717, 1.165) is 17.0 Å². The van der Waals surface area contributed by atoms with Crippen LogP contribution in [0.4, 0.5) is 25.8 Å². The van der Waals surface area contributed by atoms with Crippen LogP contribution in [0.5, 0.6) is 0 Å². The number of anilines is 1. The topological polar surface area (TPSA) is 45.0 Å². The second-order valence-electron chi connectivity index (χ2n) is 4.01. The van der Waals surface area contributed by atoms with Gasteiger partial charge in [0.05, 0.1) is 11.4 Å². The second kappa shape index (κ2) is 6.01. The summed E-state index contributed by atoms with van der Waals surface area (Å²) in [5.74, 6) is -1.75. The molecule has 0 aromatic heterocycles. The Morgan fingerprint density at radius 2 is 1.55 bits per heavy atom. The fourth-order valence-electron chi connectivity index (χ4n) is 1.61. The maximum absolute atomic E-state index is 13.7. The molecule has 0 fully saturated rings. The van der Waals surface area contributed by atoms with Crippen molar-refractivity contribution in [3.63, 3.8) is 0 Å². The lowest BCUT2D eigenvalue weighted by molar-refractivity contribution is -0.107. The third kappa shape index (κ3) is 3.03. The van der Waals surface area contributed by atoms with Crippen molar-refractivity contribution in [2.75, 3.05) is 11.9 Å². The van der Waals surface area contributed by atoms with E-state index in [1.165, 1.54) is 7.05 Å². The number of carbonyl (C=O) groups is 1. The largest absolute Gasteiger partial charge is 0.313 e. The van der Waals surface area contributed by atoms with Gasteiger partial charge >= 0.3 is 0 Å². The van der Waals surface area contributed by atoms with Gasteiger partial charge < -0.3 is 4.90 Å². The minimum atomic E-state index is -0.874. The number of azo groups is 1. The Bertz CT molecular complexity index is 621. The summed E-state index contributed by atoms with van der Waals surface area (Å²) in [6.07, 6.45) is 0.326. The van der Waals surface area contributed by atoms with Crippen molar-refractivity contribution in [2.45, 2.75) is 0 Å². The van der Waals surface area contributed by atoms with Gasteiger partial charge in [0.15, 0.2) is 11.6 Å². The summed E-state index contributed by atoms with van der Waals surface area (Å²) < 4.78 is 27.5. The molecule has 0 unspecified atom stereocenters. The molecule has 0 aliphatic rings. The Balaban J connectivity index is 2.31.